The van der Waals surface area contributed by atoms with Crippen molar-refractivity contribution in [2.75, 3.05) is 59.5 Å². The van der Waals surface area contributed by atoms with Crippen LogP contribution < -0.4 is 4.74 Å². The number of ether oxygens (including phenoxy) is 7. The van der Waals surface area contributed by atoms with Gasteiger partial charge in [-0.25, -0.2) is 22.6 Å². The van der Waals surface area contributed by atoms with E-state index in [2.05, 4.69) is 15.0 Å². The van der Waals surface area contributed by atoms with Gasteiger partial charge in [-0.2, -0.15) is 17.6 Å². The van der Waals surface area contributed by atoms with Gasteiger partial charge >= 0.3 is 17.9 Å². The molecule has 23 heteroatoms. The molecule has 5 atom stereocenters. The van der Waals surface area contributed by atoms with Gasteiger partial charge in [0.2, 0.25) is 34.8 Å². The number of carbonyl (C=O) groups is 2. The summed E-state index contributed by atoms with van der Waals surface area (Å²) < 4.78 is 131. The van der Waals surface area contributed by atoms with E-state index in [0.717, 1.165) is 0 Å². The zero-order valence-electron chi connectivity index (χ0n) is 27.1. The second-order valence-electron chi connectivity index (χ2n) is 10.9. The van der Waals surface area contributed by atoms with Crippen molar-refractivity contribution in [1.82, 2.24) is 15.0 Å². The molecule has 0 aliphatic carbocycles. The number of aliphatic carboxylic acids is 1. The van der Waals surface area contributed by atoms with Crippen LogP contribution in [0.25, 0.3) is 0 Å². The fourth-order valence-electron chi connectivity index (χ4n) is 4.32. The molecule has 0 bridgehead atoms. The molecule has 0 unspecified atom stereocenters. The average molecular weight is 768 g/mol. The van der Waals surface area contributed by atoms with Gasteiger partial charge in [0.1, 0.15) is 18.3 Å². The van der Waals surface area contributed by atoms with Crippen molar-refractivity contribution in [3.8, 4) is 5.75 Å². The van der Waals surface area contributed by atoms with Crippen molar-refractivity contribution in [3.05, 3.63) is 41.0 Å². The third-order valence-corrected chi connectivity index (χ3v) is 7.08. The number of nitrogens with zero attached hydrogens (tertiary/aromatic N) is 3. The van der Waals surface area contributed by atoms with Crippen LogP contribution in [0.5, 0.6) is 5.75 Å². The number of aliphatic hydroxyl groups is 3. The van der Waals surface area contributed by atoms with E-state index in [1.54, 1.807) is 6.20 Å². The Morgan fingerprint density at radius 3 is 1.88 bits per heavy atom. The molecule has 0 saturated carbocycles. The van der Waals surface area contributed by atoms with E-state index in [4.69, 9.17) is 33.5 Å². The van der Waals surface area contributed by atoms with Crippen LogP contribution in [0.4, 0.5) is 30.7 Å². The van der Waals surface area contributed by atoms with Crippen LogP contribution in [-0.4, -0.2) is 143 Å². The third kappa shape index (κ3) is 12.5. The number of aromatic nitrogens is 3. The number of carboxylic acids is 1. The highest BCUT2D eigenvalue weighted by Gasteiger charge is 2.50. The highest BCUT2D eigenvalue weighted by atomic mass is 19.3. The molecule has 1 fully saturated rings. The lowest BCUT2D eigenvalue weighted by atomic mass is 9.95. The Balaban J connectivity index is 1.17. The van der Waals surface area contributed by atoms with E-state index in [-0.39, 0.29) is 65.9 Å². The molecule has 0 radical (unpaired) electrons. The van der Waals surface area contributed by atoms with E-state index in [0.29, 0.717) is 12.2 Å². The number of rotatable bonds is 23. The van der Waals surface area contributed by atoms with Crippen LogP contribution in [0.3, 0.4) is 0 Å². The van der Waals surface area contributed by atoms with E-state index < -0.39 is 96.2 Å². The van der Waals surface area contributed by atoms with Gasteiger partial charge in [-0.1, -0.05) is 5.21 Å². The Bertz CT molecular complexity index is 1430. The first kappa shape index (κ1) is 42.9. The third-order valence-electron chi connectivity index (χ3n) is 7.08. The number of alkyl halides is 2. The van der Waals surface area contributed by atoms with Crippen LogP contribution in [-0.2, 0) is 51.0 Å². The molecule has 1 aliphatic heterocycles. The molecule has 1 aliphatic rings. The van der Waals surface area contributed by atoms with Gasteiger partial charge in [0, 0.05) is 12.6 Å². The molecule has 2 aromatic rings. The maximum absolute atomic E-state index is 13.6. The summed E-state index contributed by atoms with van der Waals surface area (Å²) in [5.41, 5.74) is 0.446. The Morgan fingerprint density at radius 2 is 1.31 bits per heavy atom. The largest absolute Gasteiger partial charge is 0.477 e. The molecule has 1 aromatic carbocycles. The predicted molar refractivity (Wildman–Crippen MR) is 153 cm³/mol. The van der Waals surface area contributed by atoms with E-state index in [9.17, 15) is 55.6 Å². The van der Waals surface area contributed by atoms with E-state index in [1.165, 1.54) is 4.68 Å². The normalized spacial score (nSPS) is 20.7. The number of benzene rings is 1. The molecular formula is C29H36F7N3O13. The van der Waals surface area contributed by atoms with Crippen LogP contribution in [0.1, 0.15) is 18.5 Å². The molecule has 1 saturated heterocycles. The van der Waals surface area contributed by atoms with Crippen molar-refractivity contribution in [2.45, 2.75) is 62.4 Å². The zero-order chi connectivity index (χ0) is 38.4. The Morgan fingerprint density at radius 1 is 0.769 bits per heavy atom. The number of hydrogen-bond donors (Lipinski definition) is 4. The van der Waals surface area contributed by atoms with Crippen LogP contribution >= 0.6 is 0 Å². The summed E-state index contributed by atoms with van der Waals surface area (Å²) in [5, 5.41) is 46.5. The van der Waals surface area contributed by atoms with Crippen molar-refractivity contribution < 1.29 is 93.9 Å². The predicted octanol–water partition coefficient (Wildman–Crippen LogP) is 0.512. The molecule has 294 valence electrons. The highest BCUT2D eigenvalue weighted by molar-refractivity contribution is 5.75. The summed E-state index contributed by atoms with van der Waals surface area (Å²) in [6.07, 6.45) is -9.42. The lowest BCUT2D eigenvalue weighted by Gasteiger charge is -2.40. The van der Waals surface area contributed by atoms with Crippen LogP contribution in [0.15, 0.2) is 6.20 Å². The van der Waals surface area contributed by atoms with Gasteiger partial charge in [-0.15, -0.1) is 5.10 Å². The summed E-state index contributed by atoms with van der Waals surface area (Å²) in [5.74, 6) is -21.1. The number of carboxylic acid groups (broad SMARTS) is 1. The van der Waals surface area contributed by atoms with Crippen molar-refractivity contribution in [3.63, 3.8) is 0 Å². The topological polar surface area (TPSA) is 210 Å². The summed E-state index contributed by atoms with van der Waals surface area (Å²) in [7, 11) is 0. The van der Waals surface area contributed by atoms with Gasteiger partial charge in [0.25, 0.3) is 0 Å². The summed E-state index contributed by atoms with van der Waals surface area (Å²) in [4.78, 5) is 22.4. The molecule has 52 heavy (non-hydrogen) atoms. The number of halogens is 7. The Hall–Kier alpha value is -3.55. The van der Waals surface area contributed by atoms with Gasteiger partial charge < -0.3 is 53.6 Å². The standard InChI is InChI=1S/C29H36F7N3O13/c30-18-19(31)21(33)26(22(34)20(18)32)52-17(40)2-4-46-7-9-48-11-12-49-10-8-47-6-3-39-14-15(37-38-39)1-5-50-27-25(43)24(42)23(41)16(51-27)13-29(35,36)28(44)45/h14,16,23-25,27,41-43H,1-13H2,(H,44,45)/t16-,23-,24+,25+,27+/m1/s1. The minimum absolute atomic E-state index is 0.0174. The molecule has 3 rings (SSSR count). The maximum Gasteiger partial charge on any atom is 0.374 e. The van der Waals surface area contributed by atoms with Gasteiger partial charge in [-0.05, 0) is 0 Å². The minimum Gasteiger partial charge on any atom is -0.477 e. The second kappa shape index (κ2) is 20.6. The minimum atomic E-state index is -4.25. The fraction of sp³-hybridized carbons (Fsp3) is 0.655. The zero-order valence-corrected chi connectivity index (χ0v) is 27.1. The Labute approximate surface area is 289 Å². The van der Waals surface area contributed by atoms with E-state index in [1.807, 2.05) is 0 Å². The monoisotopic (exact) mass is 767 g/mol. The summed E-state index contributed by atoms with van der Waals surface area (Å²) in [6, 6.07) is 0. The van der Waals surface area contributed by atoms with Crippen molar-refractivity contribution in [1.29, 1.82) is 0 Å². The molecule has 2 heterocycles. The first-order valence-electron chi connectivity index (χ1n) is 15.5. The first-order chi connectivity index (χ1) is 24.6. The van der Waals surface area contributed by atoms with Crippen molar-refractivity contribution in [2.24, 2.45) is 0 Å². The Kier molecular flexibility index (Phi) is 17.0. The SMILES string of the molecule is O=C(CCOCCOCCOCCOCCn1cc(CCO[C@H]2O[C@H](CC(F)(F)C(=O)O)[C@@H](O)[C@H](O)[C@@H]2O)nn1)Oc1c(F)c(F)c(F)c(F)c1F. The number of esters is 1. The van der Waals surface area contributed by atoms with Crippen LogP contribution in [0, 0.1) is 29.1 Å². The van der Waals surface area contributed by atoms with Crippen molar-refractivity contribution >= 4 is 11.9 Å². The second-order valence-corrected chi connectivity index (χ2v) is 10.9. The lowest BCUT2D eigenvalue weighted by Crippen LogP contribution is -2.59. The van der Waals surface area contributed by atoms with E-state index >= 15 is 0 Å². The maximum atomic E-state index is 13.6. The number of carbonyl (C=O) groups excluding carboxylic acids is 1. The lowest BCUT2D eigenvalue weighted by molar-refractivity contribution is -0.303. The quantitative estimate of drug-likeness (QED) is 0.0303. The smallest absolute Gasteiger partial charge is 0.374 e. The molecule has 16 nitrogen and oxygen atoms in total. The molecule has 4 N–H and O–H groups in total. The van der Waals surface area contributed by atoms with Gasteiger partial charge in [0.05, 0.1) is 90.6 Å². The summed E-state index contributed by atoms with van der Waals surface area (Å²) >= 11 is 0. The average Bonchev–Trinajstić information content (AvgIpc) is 3.56. The number of hydrogen-bond acceptors (Lipinski definition) is 14. The number of aliphatic hydroxyl groups excluding tert-OH is 3. The summed E-state index contributed by atoms with van der Waals surface area (Å²) in [6.45, 7) is 1.12. The fourth-order valence-corrected chi connectivity index (χ4v) is 4.32. The van der Waals surface area contributed by atoms with Gasteiger partial charge in [-0.3, -0.25) is 4.79 Å². The molecule has 0 amide bonds. The van der Waals surface area contributed by atoms with Gasteiger partial charge in [0.15, 0.2) is 6.29 Å². The highest BCUT2D eigenvalue weighted by Crippen LogP contribution is 2.31. The molecular weight excluding hydrogens is 731 g/mol. The first-order valence-corrected chi connectivity index (χ1v) is 15.5. The molecule has 1 aromatic heterocycles. The molecule has 0 spiro atoms. The van der Waals surface area contributed by atoms with Crippen LogP contribution in [0.2, 0.25) is 0 Å².